The minimum absolute atomic E-state index is 0.539. The molecule has 2 heterocycles. The highest BCUT2D eigenvalue weighted by atomic mass is 32.1. The van der Waals surface area contributed by atoms with Crippen molar-refractivity contribution in [3.8, 4) is 0 Å². The van der Waals surface area contributed by atoms with Crippen LogP contribution in [-0.2, 0) is 6.42 Å². The molecule has 0 aromatic carbocycles. The summed E-state index contributed by atoms with van der Waals surface area (Å²) in [5.74, 6) is 1.17. The molecule has 0 N–H and O–H groups in total. The minimum atomic E-state index is 0.539. The van der Waals surface area contributed by atoms with Gasteiger partial charge in [0.25, 0.3) is 0 Å². The second-order valence-corrected chi connectivity index (χ2v) is 5.66. The lowest BCUT2D eigenvalue weighted by atomic mass is 9.99. The standard InChI is InChI=1S/C14H18OS/c1-10(2)13-7-14(16-9-13)6-11(3)12-4-5-15-8-12/h4-5,7-11H,6H2,1-3H3. The van der Waals surface area contributed by atoms with Crippen LogP contribution in [0.25, 0.3) is 0 Å². The summed E-state index contributed by atoms with van der Waals surface area (Å²) >= 11 is 1.87. The van der Waals surface area contributed by atoms with Crippen molar-refractivity contribution in [2.24, 2.45) is 0 Å². The predicted octanol–water partition coefficient (Wildman–Crippen LogP) is 4.81. The van der Waals surface area contributed by atoms with E-state index in [1.165, 1.54) is 16.0 Å². The van der Waals surface area contributed by atoms with E-state index < -0.39 is 0 Å². The Morgan fingerprint density at radius 3 is 2.62 bits per heavy atom. The van der Waals surface area contributed by atoms with E-state index in [0.29, 0.717) is 11.8 Å². The maximum absolute atomic E-state index is 5.12. The summed E-state index contributed by atoms with van der Waals surface area (Å²) in [6.45, 7) is 6.73. The van der Waals surface area contributed by atoms with E-state index in [2.05, 4.69) is 38.3 Å². The quantitative estimate of drug-likeness (QED) is 0.740. The summed E-state index contributed by atoms with van der Waals surface area (Å²) in [4.78, 5) is 1.47. The fourth-order valence-corrected chi connectivity index (χ4v) is 2.96. The van der Waals surface area contributed by atoms with Gasteiger partial charge in [0.2, 0.25) is 0 Å². The van der Waals surface area contributed by atoms with Crippen molar-refractivity contribution < 1.29 is 4.42 Å². The fourth-order valence-electron chi connectivity index (χ4n) is 1.78. The smallest absolute Gasteiger partial charge is 0.0937 e. The number of hydrogen-bond donors (Lipinski definition) is 0. The van der Waals surface area contributed by atoms with E-state index in [9.17, 15) is 0 Å². The molecule has 2 aromatic rings. The third kappa shape index (κ3) is 2.56. The molecule has 0 amide bonds. The van der Waals surface area contributed by atoms with Crippen molar-refractivity contribution in [3.63, 3.8) is 0 Å². The van der Waals surface area contributed by atoms with Crippen molar-refractivity contribution in [3.05, 3.63) is 46.0 Å². The summed E-state index contributed by atoms with van der Waals surface area (Å²) in [6, 6.07) is 4.40. The fraction of sp³-hybridized carbons (Fsp3) is 0.429. The molecule has 0 fully saturated rings. The summed E-state index contributed by atoms with van der Waals surface area (Å²) in [5.41, 5.74) is 2.75. The number of thiophene rings is 1. The molecule has 2 heteroatoms. The van der Waals surface area contributed by atoms with Gasteiger partial charge in [-0.3, -0.25) is 0 Å². The van der Waals surface area contributed by atoms with Crippen LogP contribution in [0.15, 0.2) is 34.5 Å². The van der Waals surface area contributed by atoms with E-state index in [0.717, 1.165) is 6.42 Å². The van der Waals surface area contributed by atoms with Crippen LogP contribution in [0, 0.1) is 0 Å². The topological polar surface area (TPSA) is 13.1 Å². The molecule has 0 spiro atoms. The van der Waals surface area contributed by atoms with E-state index in [4.69, 9.17) is 4.42 Å². The molecule has 0 aliphatic heterocycles. The Kier molecular flexibility index (Phi) is 3.49. The van der Waals surface area contributed by atoms with Gasteiger partial charge >= 0.3 is 0 Å². The first-order valence-corrected chi connectivity index (χ1v) is 6.64. The molecule has 1 unspecified atom stereocenters. The Labute approximate surface area is 101 Å². The SMILES string of the molecule is CC(C)c1csc(CC(C)c2ccoc2)c1. The highest BCUT2D eigenvalue weighted by molar-refractivity contribution is 7.10. The normalized spacial score (nSPS) is 13.2. The van der Waals surface area contributed by atoms with Gasteiger partial charge in [-0.15, -0.1) is 11.3 Å². The molecule has 0 aliphatic rings. The zero-order valence-corrected chi connectivity index (χ0v) is 10.9. The van der Waals surface area contributed by atoms with Crippen LogP contribution in [0.2, 0.25) is 0 Å². The molecular weight excluding hydrogens is 216 g/mol. The Morgan fingerprint density at radius 1 is 1.25 bits per heavy atom. The molecule has 0 bridgehead atoms. The minimum Gasteiger partial charge on any atom is -0.472 e. The first kappa shape index (κ1) is 11.5. The maximum atomic E-state index is 5.12. The molecule has 86 valence electrons. The zero-order chi connectivity index (χ0) is 11.5. The van der Waals surface area contributed by atoms with Crippen LogP contribution in [0.5, 0.6) is 0 Å². The Morgan fingerprint density at radius 2 is 2.06 bits per heavy atom. The average molecular weight is 234 g/mol. The molecule has 0 aliphatic carbocycles. The lowest BCUT2D eigenvalue weighted by Gasteiger charge is -2.06. The molecular formula is C14H18OS. The zero-order valence-electron chi connectivity index (χ0n) is 10.1. The highest BCUT2D eigenvalue weighted by Crippen LogP contribution is 2.27. The average Bonchev–Trinajstić information content (AvgIpc) is 2.87. The monoisotopic (exact) mass is 234 g/mol. The molecule has 0 radical (unpaired) electrons. The van der Waals surface area contributed by atoms with Crippen LogP contribution in [0.4, 0.5) is 0 Å². The van der Waals surface area contributed by atoms with Crippen molar-refractivity contribution in [2.75, 3.05) is 0 Å². The molecule has 1 nitrogen and oxygen atoms in total. The molecule has 0 saturated carbocycles. The third-order valence-corrected chi connectivity index (χ3v) is 3.94. The molecule has 2 aromatic heterocycles. The van der Waals surface area contributed by atoms with E-state index in [1.807, 2.05) is 17.6 Å². The number of furan rings is 1. The second-order valence-electron chi connectivity index (χ2n) is 4.66. The first-order chi connectivity index (χ1) is 7.66. The van der Waals surface area contributed by atoms with Crippen molar-refractivity contribution in [1.29, 1.82) is 0 Å². The Balaban J connectivity index is 2.03. The van der Waals surface area contributed by atoms with Crippen molar-refractivity contribution >= 4 is 11.3 Å². The highest BCUT2D eigenvalue weighted by Gasteiger charge is 2.10. The molecule has 16 heavy (non-hydrogen) atoms. The van der Waals surface area contributed by atoms with Gasteiger partial charge in [-0.1, -0.05) is 20.8 Å². The van der Waals surface area contributed by atoms with Gasteiger partial charge in [-0.05, 0) is 46.9 Å². The summed E-state index contributed by atoms with van der Waals surface area (Å²) < 4.78 is 5.12. The second kappa shape index (κ2) is 4.88. The van der Waals surface area contributed by atoms with Crippen molar-refractivity contribution in [2.45, 2.75) is 39.0 Å². The van der Waals surface area contributed by atoms with Crippen LogP contribution in [0.1, 0.15) is 48.6 Å². The first-order valence-electron chi connectivity index (χ1n) is 5.76. The van der Waals surface area contributed by atoms with Crippen molar-refractivity contribution in [1.82, 2.24) is 0 Å². The number of hydrogen-bond acceptors (Lipinski definition) is 2. The number of rotatable bonds is 4. The van der Waals surface area contributed by atoms with Gasteiger partial charge in [0, 0.05) is 4.88 Å². The van der Waals surface area contributed by atoms with Gasteiger partial charge in [-0.25, -0.2) is 0 Å². The predicted molar refractivity (Wildman–Crippen MR) is 69.2 cm³/mol. The van der Waals surface area contributed by atoms with Crippen LogP contribution >= 0.6 is 11.3 Å². The third-order valence-electron chi connectivity index (χ3n) is 2.96. The van der Waals surface area contributed by atoms with E-state index in [1.54, 1.807) is 6.26 Å². The van der Waals surface area contributed by atoms with Gasteiger partial charge in [0.05, 0.1) is 12.5 Å². The summed E-state index contributed by atoms with van der Waals surface area (Å²) in [5, 5.41) is 2.28. The molecule has 2 rings (SSSR count). The van der Waals surface area contributed by atoms with Crippen LogP contribution in [-0.4, -0.2) is 0 Å². The van der Waals surface area contributed by atoms with E-state index >= 15 is 0 Å². The van der Waals surface area contributed by atoms with Gasteiger partial charge in [-0.2, -0.15) is 0 Å². The summed E-state index contributed by atoms with van der Waals surface area (Å²) in [6.07, 6.45) is 4.71. The summed E-state index contributed by atoms with van der Waals surface area (Å²) in [7, 11) is 0. The van der Waals surface area contributed by atoms with E-state index in [-0.39, 0.29) is 0 Å². The molecule has 1 atom stereocenters. The Bertz CT molecular complexity index is 425. The van der Waals surface area contributed by atoms with Crippen LogP contribution < -0.4 is 0 Å². The van der Waals surface area contributed by atoms with Gasteiger partial charge in [0.1, 0.15) is 0 Å². The lowest BCUT2D eigenvalue weighted by molar-refractivity contribution is 0.560. The van der Waals surface area contributed by atoms with Gasteiger partial charge in [0.15, 0.2) is 0 Å². The largest absolute Gasteiger partial charge is 0.472 e. The lowest BCUT2D eigenvalue weighted by Crippen LogP contribution is -1.94. The maximum Gasteiger partial charge on any atom is 0.0937 e. The Hall–Kier alpha value is -1.02. The van der Waals surface area contributed by atoms with Gasteiger partial charge < -0.3 is 4.42 Å². The molecule has 0 saturated heterocycles. The van der Waals surface area contributed by atoms with Crippen LogP contribution in [0.3, 0.4) is 0 Å².